The smallest absolute Gasteiger partial charge is 0.258 e. The number of nitrogens with zero attached hydrogens (tertiary/aromatic N) is 2. The molecule has 0 spiro atoms. The molecule has 0 aromatic carbocycles. The van der Waals surface area contributed by atoms with Gasteiger partial charge in [-0.2, -0.15) is 0 Å². The van der Waals surface area contributed by atoms with Gasteiger partial charge in [-0.3, -0.25) is 33.7 Å². The molecule has 4 unspecified atom stereocenters. The summed E-state index contributed by atoms with van der Waals surface area (Å²) in [5.41, 5.74) is 5.98. The molecule has 44 heavy (non-hydrogen) atoms. The van der Waals surface area contributed by atoms with Gasteiger partial charge in [0.05, 0.1) is 37.3 Å². The molecule has 0 bridgehead atoms. The van der Waals surface area contributed by atoms with Gasteiger partial charge >= 0.3 is 0 Å². The number of nitrogens with two attached hydrogens (primary N) is 1. The molecule has 1 saturated heterocycles. The van der Waals surface area contributed by atoms with E-state index in [0.717, 1.165) is 16.7 Å². The van der Waals surface area contributed by atoms with E-state index in [1.165, 1.54) is 11.9 Å². The van der Waals surface area contributed by atoms with E-state index >= 15 is 0 Å². The van der Waals surface area contributed by atoms with E-state index in [0.29, 0.717) is 6.29 Å². The highest BCUT2D eigenvalue weighted by atomic mass is 32.2. The number of hydrogen-bond donors (Lipinski definition) is 3. The van der Waals surface area contributed by atoms with Gasteiger partial charge < -0.3 is 35.5 Å². The molecule has 0 aromatic rings. The third-order valence-electron chi connectivity index (χ3n) is 6.59. The number of nitrogens with one attached hydrogen (secondary N) is 2. The van der Waals surface area contributed by atoms with Gasteiger partial charge in [0.15, 0.2) is 5.78 Å². The van der Waals surface area contributed by atoms with Crippen molar-refractivity contribution in [1.29, 1.82) is 0 Å². The molecule has 1 heterocycles. The zero-order valence-electron chi connectivity index (χ0n) is 27.3. The second-order valence-corrected chi connectivity index (χ2v) is 11.8. The minimum Gasteiger partial charge on any atom is -0.368 e. The molecule has 0 radical (unpaired) electrons. The Morgan fingerprint density at radius 3 is 2.20 bits per heavy atom. The van der Waals surface area contributed by atoms with Crippen LogP contribution in [0.4, 0.5) is 0 Å². The Balaban J connectivity index is 0.00000904. The number of ether oxygens (including phenoxy) is 2. The maximum Gasteiger partial charge on any atom is 0.258 e. The lowest BCUT2D eigenvalue weighted by atomic mass is 10.0. The standard InChI is InChI=1S/C27H45N5O9S.C2H6/c1-16(2)25(37)19(28)15-42-21(26(38)30-8-10-41-20-12-24(36)32(6)27(20)39)13-22(34)29-7-9-40-18(14-33)11-23(35)31(5)17(3)4;1-2/h14,16-21H,7-13,15,28H2,1-6H3,(H,29,34)(H,30,38);1-2H3. The Labute approximate surface area is 264 Å². The molecule has 0 aromatic heterocycles. The van der Waals surface area contributed by atoms with Crippen LogP contribution in [0.2, 0.25) is 0 Å². The number of Topliss-reactive ketones (excluding diaryl/α,β-unsaturated/α-hetero) is 1. The number of imide groups is 1. The number of likely N-dealkylation sites (N-methyl/N-ethyl adjacent to an activating group) is 1. The fourth-order valence-corrected chi connectivity index (χ4v) is 4.80. The first-order chi connectivity index (χ1) is 20.7. The molecule has 4 N–H and O–H groups in total. The Morgan fingerprint density at radius 2 is 1.68 bits per heavy atom. The number of aldehydes is 1. The molecule has 1 fully saturated rings. The van der Waals surface area contributed by atoms with Crippen LogP contribution >= 0.6 is 11.8 Å². The number of rotatable bonds is 20. The molecule has 1 aliphatic rings. The zero-order valence-corrected chi connectivity index (χ0v) is 28.1. The van der Waals surface area contributed by atoms with Gasteiger partial charge in [0.25, 0.3) is 5.91 Å². The van der Waals surface area contributed by atoms with Crippen molar-refractivity contribution in [2.24, 2.45) is 11.7 Å². The summed E-state index contributed by atoms with van der Waals surface area (Å²) >= 11 is 1.07. The molecule has 14 nitrogen and oxygen atoms in total. The maximum atomic E-state index is 12.9. The number of ketones is 1. The van der Waals surface area contributed by atoms with Crippen LogP contribution in [0, 0.1) is 5.92 Å². The van der Waals surface area contributed by atoms with Gasteiger partial charge in [0.1, 0.15) is 18.5 Å². The molecule has 15 heteroatoms. The van der Waals surface area contributed by atoms with E-state index in [9.17, 15) is 33.6 Å². The Bertz CT molecular complexity index is 979. The van der Waals surface area contributed by atoms with Crippen LogP contribution < -0.4 is 16.4 Å². The lowest BCUT2D eigenvalue weighted by Crippen LogP contribution is -2.42. The molecular formula is C29H51N5O9S. The average Bonchev–Trinajstić information content (AvgIpc) is 3.24. The molecular weight excluding hydrogens is 594 g/mol. The fourth-order valence-electron chi connectivity index (χ4n) is 3.69. The molecule has 1 rings (SSSR count). The van der Waals surface area contributed by atoms with Gasteiger partial charge in [-0.25, -0.2) is 0 Å². The van der Waals surface area contributed by atoms with Crippen LogP contribution in [0.15, 0.2) is 0 Å². The van der Waals surface area contributed by atoms with Crippen molar-refractivity contribution in [1.82, 2.24) is 20.4 Å². The molecule has 4 atom stereocenters. The third kappa shape index (κ3) is 14.7. The first kappa shape index (κ1) is 41.1. The van der Waals surface area contributed by atoms with Crippen molar-refractivity contribution < 1.29 is 43.0 Å². The van der Waals surface area contributed by atoms with E-state index in [2.05, 4.69) is 10.6 Å². The molecule has 0 aliphatic carbocycles. The van der Waals surface area contributed by atoms with E-state index in [4.69, 9.17) is 15.2 Å². The Morgan fingerprint density at radius 1 is 1.07 bits per heavy atom. The highest BCUT2D eigenvalue weighted by molar-refractivity contribution is 8.00. The predicted octanol–water partition coefficient (Wildman–Crippen LogP) is -0.0958. The lowest BCUT2D eigenvalue weighted by molar-refractivity contribution is -0.140. The van der Waals surface area contributed by atoms with Crippen LogP contribution in [0.5, 0.6) is 0 Å². The largest absolute Gasteiger partial charge is 0.368 e. The summed E-state index contributed by atoms with van der Waals surface area (Å²) in [6, 6.07) is -0.840. The van der Waals surface area contributed by atoms with Gasteiger partial charge in [0.2, 0.25) is 23.6 Å². The molecule has 1 aliphatic heterocycles. The number of hydrogen-bond acceptors (Lipinski definition) is 11. The fraction of sp³-hybridized carbons (Fsp3) is 0.759. The topological polar surface area (TPSA) is 195 Å². The van der Waals surface area contributed by atoms with Crippen molar-refractivity contribution in [3.63, 3.8) is 0 Å². The van der Waals surface area contributed by atoms with Gasteiger partial charge in [-0.15, -0.1) is 11.8 Å². The van der Waals surface area contributed by atoms with E-state index in [-0.39, 0.29) is 80.9 Å². The van der Waals surface area contributed by atoms with Crippen molar-refractivity contribution in [3.8, 4) is 0 Å². The maximum absolute atomic E-state index is 12.9. The van der Waals surface area contributed by atoms with Crippen molar-refractivity contribution >= 4 is 53.4 Å². The Hall–Kier alpha value is -2.88. The molecule has 0 saturated carbocycles. The van der Waals surface area contributed by atoms with Crippen LogP contribution in [0.3, 0.4) is 0 Å². The normalized spacial score (nSPS) is 16.6. The summed E-state index contributed by atoms with van der Waals surface area (Å²) in [6.45, 7) is 11.2. The minimum absolute atomic E-state index is 0.0249. The average molecular weight is 646 g/mol. The summed E-state index contributed by atoms with van der Waals surface area (Å²) in [7, 11) is 3.01. The summed E-state index contributed by atoms with van der Waals surface area (Å²) in [4.78, 5) is 87.3. The van der Waals surface area contributed by atoms with Crippen molar-refractivity contribution in [2.75, 3.05) is 46.2 Å². The van der Waals surface area contributed by atoms with Crippen LogP contribution in [0.25, 0.3) is 0 Å². The van der Waals surface area contributed by atoms with Crippen LogP contribution in [-0.2, 0) is 43.0 Å². The summed E-state index contributed by atoms with van der Waals surface area (Å²) in [5.74, 6) is -2.32. The monoisotopic (exact) mass is 645 g/mol. The SMILES string of the molecule is CC.CC(C)C(=O)C(N)CSC(CC(=O)NCCOC(C=O)CC(=O)N(C)C(C)C)C(=O)NCCOC1CC(=O)N(C)C1=O. The summed E-state index contributed by atoms with van der Waals surface area (Å²) in [6.07, 6.45) is -1.72. The third-order valence-corrected chi connectivity index (χ3v) is 7.92. The summed E-state index contributed by atoms with van der Waals surface area (Å²) in [5, 5.41) is 4.39. The quantitative estimate of drug-likeness (QED) is 0.0909. The minimum atomic E-state index is -0.954. The number of thioether (sulfide) groups is 1. The zero-order chi connectivity index (χ0) is 34.0. The first-order valence-corrected chi connectivity index (χ1v) is 15.9. The highest BCUT2D eigenvalue weighted by Crippen LogP contribution is 2.18. The molecule has 252 valence electrons. The van der Waals surface area contributed by atoms with Crippen molar-refractivity contribution in [3.05, 3.63) is 0 Å². The van der Waals surface area contributed by atoms with Gasteiger partial charge in [0, 0.05) is 51.3 Å². The Kier molecular flexibility index (Phi) is 20.3. The number of amides is 5. The number of likely N-dealkylation sites (tertiary alicyclic amines) is 1. The predicted molar refractivity (Wildman–Crippen MR) is 167 cm³/mol. The van der Waals surface area contributed by atoms with Gasteiger partial charge in [-0.05, 0) is 13.8 Å². The summed E-state index contributed by atoms with van der Waals surface area (Å²) < 4.78 is 10.8. The van der Waals surface area contributed by atoms with Crippen LogP contribution in [0.1, 0.15) is 60.8 Å². The van der Waals surface area contributed by atoms with Crippen molar-refractivity contribution in [2.45, 2.75) is 90.3 Å². The van der Waals surface area contributed by atoms with Crippen LogP contribution in [-0.4, -0.2) is 127 Å². The van der Waals surface area contributed by atoms with E-state index < -0.39 is 41.2 Å². The number of carbonyl (C=O) groups is 7. The van der Waals surface area contributed by atoms with Gasteiger partial charge in [-0.1, -0.05) is 27.7 Å². The highest BCUT2D eigenvalue weighted by Gasteiger charge is 2.36. The second-order valence-electron chi connectivity index (χ2n) is 10.5. The van der Waals surface area contributed by atoms with E-state index in [1.54, 1.807) is 20.9 Å². The first-order valence-electron chi connectivity index (χ1n) is 14.9. The molecule has 5 amide bonds. The lowest BCUT2D eigenvalue weighted by Gasteiger charge is -2.23. The second kappa shape index (κ2) is 21.8. The number of carbonyl (C=O) groups excluding carboxylic acids is 7. The van der Waals surface area contributed by atoms with E-state index in [1.807, 2.05) is 27.7 Å².